The first-order chi connectivity index (χ1) is 11.9. The number of likely N-dealkylation sites (tertiary alicyclic amines) is 1. The molecule has 0 N–H and O–H groups in total. The van der Waals surface area contributed by atoms with E-state index in [1.165, 1.54) is 11.8 Å². The summed E-state index contributed by atoms with van der Waals surface area (Å²) in [6.45, 7) is 0.806. The molecule has 11 heteroatoms. The summed E-state index contributed by atoms with van der Waals surface area (Å²) >= 11 is 1.21. The van der Waals surface area contributed by atoms with E-state index in [1.54, 1.807) is 23.4 Å². The van der Waals surface area contributed by atoms with E-state index in [9.17, 15) is 18.0 Å². The molecule has 0 spiro atoms. The Morgan fingerprint density at radius 2 is 2.08 bits per heavy atom. The number of rotatable bonds is 4. The number of amides is 1. The van der Waals surface area contributed by atoms with Crippen molar-refractivity contribution in [1.29, 1.82) is 0 Å². The number of alkyl halides is 3. The van der Waals surface area contributed by atoms with Crippen molar-refractivity contribution in [1.82, 2.24) is 25.1 Å². The molecule has 1 aliphatic heterocycles. The van der Waals surface area contributed by atoms with Crippen LogP contribution < -0.4 is 0 Å². The van der Waals surface area contributed by atoms with Crippen LogP contribution in [0.1, 0.15) is 30.5 Å². The van der Waals surface area contributed by atoms with Crippen LogP contribution in [0.2, 0.25) is 0 Å². The van der Waals surface area contributed by atoms with Crippen LogP contribution in [0.3, 0.4) is 0 Å². The molecule has 25 heavy (non-hydrogen) atoms. The molecule has 0 aromatic carbocycles. The smallest absolute Gasteiger partial charge is 0.417 e. The van der Waals surface area contributed by atoms with Gasteiger partial charge in [-0.1, -0.05) is 11.8 Å². The van der Waals surface area contributed by atoms with Crippen molar-refractivity contribution < 1.29 is 22.4 Å². The second-order valence-electron chi connectivity index (χ2n) is 5.44. The van der Waals surface area contributed by atoms with Crippen LogP contribution >= 0.6 is 11.8 Å². The highest BCUT2D eigenvalue weighted by Gasteiger charge is 2.39. The minimum atomic E-state index is -4.66. The molecule has 2 aromatic rings. The van der Waals surface area contributed by atoms with Crippen LogP contribution in [0, 0.1) is 0 Å². The van der Waals surface area contributed by atoms with Gasteiger partial charge in [0, 0.05) is 25.5 Å². The van der Waals surface area contributed by atoms with Crippen molar-refractivity contribution >= 4 is 17.7 Å². The number of carbonyl (C=O) groups excluding carboxylic acids is 1. The molecule has 1 amide bonds. The van der Waals surface area contributed by atoms with Crippen LogP contribution in [-0.4, -0.2) is 49.8 Å². The number of nitrogens with zero attached hydrogens (tertiary/aromatic N) is 5. The first kappa shape index (κ1) is 17.6. The maximum absolute atomic E-state index is 12.6. The van der Waals surface area contributed by atoms with Crippen molar-refractivity contribution in [3.8, 4) is 0 Å². The van der Waals surface area contributed by atoms with E-state index in [4.69, 9.17) is 4.42 Å². The molecule has 0 radical (unpaired) electrons. The Bertz CT molecular complexity index is 725. The zero-order chi connectivity index (χ0) is 17.9. The fraction of sp³-hybridized carbons (Fsp3) is 0.500. The number of piperidine rings is 1. The summed E-state index contributed by atoms with van der Waals surface area (Å²) in [7, 11) is 0. The highest BCUT2D eigenvalue weighted by molar-refractivity contribution is 7.99. The Hall–Kier alpha value is -2.17. The van der Waals surface area contributed by atoms with E-state index in [0.717, 1.165) is 0 Å². The first-order valence-corrected chi connectivity index (χ1v) is 8.50. The van der Waals surface area contributed by atoms with Gasteiger partial charge in [-0.25, -0.2) is 9.97 Å². The van der Waals surface area contributed by atoms with Crippen molar-refractivity contribution in [3.63, 3.8) is 0 Å². The second kappa shape index (κ2) is 7.38. The number of thioether (sulfide) groups is 1. The molecule has 134 valence electrons. The van der Waals surface area contributed by atoms with Crippen LogP contribution in [0.25, 0.3) is 0 Å². The van der Waals surface area contributed by atoms with Gasteiger partial charge in [-0.3, -0.25) is 4.79 Å². The van der Waals surface area contributed by atoms with Gasteiger partial charge in [0.25, 0.3) is 0 Å². The SMILES string of the molecule is O=C(CSc1ncccn1)N1CCC[C@H](c2nnc(C(F)(F)F)o2)C1. The van der Waals surface area contributed by atoms with Crippen molar-refractivity contribution in [2.75, 3.05) is 18.8 Å². The molecular weight excluding hydrogens is 359 g/mol. The zero-order valence-electron chi connectivity index (χ0n) is 12.9. The predicted octanol–water partition coefficient (Wildman–Crippen LogP) is 2.38. The van der Waals surface area contributed by atoms with Crippen molar-refractivity contribution in [2.45, 2.75) is 30.1 Å². The lowest BCUT2D eigenvalue weighted by molar-refractivity contribution is -0.157. The molecule has 0 saturated carbocycles. The highest BCUT2D eigenvalue weighted by atomic mass is 32.2. The van der Waals surface area contributed by atoms with Gasteiger partial charge >= 0.3 is 12.1 Å². The Balaban J connectivity index is 1.59. The van der Waals surface area contributed by atoms with E-state index in [2.05, 4.69) is 20.2 Å². The number of carbonyl (C=O) groups is 1. The van der Waals surface area contributed by atoms with Crippen LogP contribution in [0.5, 0.6) is 0 Å². The van der Waals surface area contributed by atoms with Gasteiger partial charge in [-0.05, 0) is 18.9 Å². The molecule has 1 fully saturated rings. The predicted molar refractivity (Wildman–Crippen MR) is 80.6 cm³/mol. The molecule has 0 aliphatic carbocycles. The van der Waals surface area contributed by atoms with Gasteiger partial charge < -0.3 is 9.32 Å². The van der Waals surface area contributed by atoms with E-state index in [-0.39, 0.29) is 30.0 Å². The van der Waals surface area contributed by atoms with Crippen molar-refractivity contribution in [3.05, 3.63) is 30.2 Å². The first-order valence-electron chi connectivity index (χ1n) is 7.51. The number of aromatic nitrogens is 4. The van der Waals surface area contributed by atoms with Gasteiger partial charge in [-0.15, -0.1) is 10.2 Å². The fourth-order valence-electron chi connectivity index (χ4n) is 2.50. The van der Waals surface area contributed by atoms with Gasteiger partial charge in [0.15, 0.2) is 5.16 Å². The third-order valence-corrected chi connectivity index (χ3v) is 4.53. The Labute approximate surface area is 145 Å². The van der Waals surface area contributed by atoms with Crippen LogP contribution in [-0.2, 0) is 11.0 Å². The second-order valence-corrected chi connectivity index (χ2v) is 6.38. The maximum atomic E-state index is 12.6. The van der Waals surface area contributed by atoms with Crippen LogP contribution in [0.15, 0.2) is 28.0 Å². The zero-order valence-corrected chi connectivity index (χ0v) is 13.8. The van der Waals surface area contributed by atoms with E-state index in [1.807, 2.05) is 0 Å². The summed E-state index contributed by atoms with van der Waals surface area (Å²) in [6, 6.07) is 1.68. The normalized spacial score (nSPS) is 18.4. The molecule has 0 bridgehead atoms. The van der Waals surface area contributed by atoms with E-state index < -0.39 is 12.1 Å². The molecule has 0 unspecified atom stereocenters. The third-order valence-electron chi connectivity index (χ3n) is 3.67. The molecule has 3 rings (SSSR count). The summed E-state index contributed by atoms with van der Waals surface area (Å²) in [5.74, 6) is -1.79. The molecule has 7 nitrogen and oxygen atoms in total. The minimum Gasteiger partial charge on any atom is -0.417 e. The molecule has 2 aromatic heterocycles. The molecule has 3 heterocycles. The fourth-order valence-corrected chi connectivity index (χ4v) is 3.20. The van der Waals surface area contributed by atoms with Crippen molar-refractivity contribution in [2.24, 2.45) is 0 Å². The summed E-state index contributed by atoms with van der Waals surface area (Å²) < 4.78 is 42.4. The van der Waals surface area contributed by atoms with Gasteiger partial charge in [-0.2, -0.15) is 13.2 Å². The lowest BCUT2D eigenvalue weighted by atomic mass is 9.98. The lowest BCUT2D eigenvalue weighted by Crippen LogP contribution is -2.40. The quantitative estimate of drug-likeness (QED) is 0.601. The van der Waals surface area contributed by atoms with E-state index >= 15 is 0 Å². The van der Waals surface area contributed by atoms with Gasteiger partial charge in [0.2, 0.25) is 11.8 Å². The summed E-state index contributed by atoms with van der Waals surface area (Å²) in [5.41, 5.74) is 0. The Morgan fingerprint density at radius 1 is 1.32 bits per heavy atom. The molecule has 1 aliphatic rings. The number of hydrogen-bond acceptors (Lipinski definition) is 7. The molecule has 1 atom stereocenters. The topological polar surface area (TPSA) is 85.0 Å². The summed E-state index contributed by atoms with van der Waals surface area (Å²) in [5, 5.41) is 7.03. The average Bonchev–Trinajstić information content (AvgIpc) is 3.11. The monoisotopic (exact) mass is 373 g/mol. The van der Waals surface area contributed by atoms with Crippen LogP contribution in [0.4, 0.5) is 13.2 Å². The summed E-state index contributed by atoms with van der Waals surface area (Å²) in [6.07, 6.45) is -0.234. The standard InChI is InChI=1S/C14H14F3N5O2S/c15-14(16,17)12-21-20-11(24-12)9-3-1-6-22(7-9)10(23)8-25-13-18-4-2-5-19-13/h2,4-5,9H,1,3,6-8H2/t9-/m0/s1. The lowest BCUT2D eigenvalue weighted by Gasteiger charge is -2.31. The van der Waals surface area contributed by atoms with E-state index in [0.29, 0.717) is 24.5 Å². The number of halogens is 3. The Kier molecular flexibility index (Phi) is 5.21. The molecular formula is C14H14F3N5O2S. The van der Waals surface area contributed by atoms with Gasteiger partial charge in [0.05, 0.1) is 11.7 Å². The largest absolute Gasteiger partial charge is 0.470 e. The van der Waals surface area contributed by atoms with Gasteiger partial charge in [0.1, 0.15) is 0 Å². The minimum absolute atomic E-state index is 0.0797. The third kappa shape index (κ3) is 4.47. The summed E-state index contributed by atoms with van der Waals surface area (Å²) in [4.78, 5) is 22.0. The highest BCUT2D eigenvalue weighted by Crippen LogP contribution is 2.32. The Morgan fingerprint density at radius 3 is 2.76 bits per heavy atom. The maximum Gasteiger partial charge on any atom is 0.470 e. The average molecular weight is 373 g/mol. The number of hydrogen-bond donors (Lipinski definition) is 0. The molecule has 1 saturated heterocycles.